The fourth-order valence-electron chi connectivity index (χ4n) is 2.33. The van der Waals surface area contributed by atoms with Crippen molar-refractivity contribution in [3.63, 3.8) is 0 Å². The van der Waals surface area contributed by atoms with E-state index in [9.17, 15) is 4.39 Å². The van der Waals surface area contributed by atoms with Crippen LogP contribution in [0.1, 0.15) is 23.6 Å². The Kier molecular flexibility index (Phi) is 3.71. The Morgan fingerprint density at radius 3 is 2.48 bits per heavy atom. The molecule has 0 fully saturated rings. The largest absolute Gasteiger partial charge is 0.207 e. The van der Waals surface area contributed by atoms with E-state index in [0.29, 0.717) is 0 Å². The van der Waals surface area contributed by atoms with Gasteiger partial charge in [0.15, 0.2) is 0 Å². The molecule has 1 heteroatoms. The van der Waals surface area contributed by atoms with Crippen LogP contribution in [0.3, 0.4) is 0 Å². The van der Waals surface area contributed by atoms with E-state index in [-0.39, 0.29) is 5.82 Å². The molecule has 0 aromatic heterocycles. The summed E-state index contributed by atoms with van der Waals surface area (Å²) in [6.07, 6.45) is 1.03. The average molecular weight is 274 g/mol. The molecule has 0 aliphatic heterocycles. The molecule has 0 saturated carbocycles. The number of halogens is 1. The normalized spacial score (nSPS) is 10.2. The van der Waals surface area contributed by atoms with Crippen molar-refractivity contribution in [2.24, 2.45) is 0 Å². The molecule has 0 bridgehead atoms. The van der Waals surface area contributed by atoms with Gasteiger partial charge in [0, 0.05) is 11.1 Å². The number of aryl methyl sites for hydroxylation is 1. The summed E-state index contributed by atoms with van der Waals surface area (Å²) in [7, 11) is 0. The molecule has 102 valence electrons. The van der Waals surface area contributed by atoms with Gasteiger partial charge in [-0.05, 0) is 53.1 Å². The van der Waals surface area contributed by atoms with Crippen molar-refractivity contribution >= 4 is 10.8 Å². The second-order valence-corrected chi connectivity index (χ2v) is 4.97. The molecular weight excluding hydrogens is 259 g/mol. The van der Waals surface area contributed by atoms with Crippen molar-refractivity contribution in [3.05, 3.63) is 83.2 Å². The Balaban J connectivity index is 2.03. The molecule has 0 radical (unpaired) electrons. The van der Waals surface area contributed by atoms with Crippen LogP contribution in [0, 0.1) is 17.7 Å². The maximum Gasteiger partial charge on any atom is 0.123 e. The summed E-state index contributed by atoms with van der Waals surface area (Å²) in [6, 6.07) is 18.9. The second-order valence-electron chi connectivity index (χ2n) is 4.97. The number of hydrogen-bond donors (Lipinski definition) is 0. The Bertz CT molecular complexity index is 833. The summed E-state index contributed by atoms with van der Waals surface area (Å²) < 4.78 is 12.9. The molecular formula is C20H15F. The van der Waals surface area contributed by atoms with Crippen LogP contribution in [0.15, 0.2) is 60.7 Å². The predicted molar refractivity (Wildman–Crippen MR) is 85.7 cm³/mol. The van der Waals surface area contributed by atoms with Crippen LogP contribution in [0.5, 0.6) is 0 Å². The van der Waals surface area contributed by atoms with Crippen LogP contribution in [0.2, 0.25) is 0 Å². The number of fused-ring (bicyclic) bond motifs is 1. The fourth-order valence-corrected chi connectivity index (χ4v) is 2.33. The zero-order valence-corrected chi connectivity index (χ0v) is 11.9. The van der Waals surface area contributed by atoms with Gasteiger partial charge in [0.1, 0.15) is 5.82 Å². The molecule has 21 heavy (non-hydrogen) atoms. The number of rotatable bonds is 1. The minimum atomic E-state index is -0.238. The minimum absolute atomic E-state index is 0.238. The Hall–Kier alpha value is -2.59. The minimum Gasteiger partial charge on any atom is -0.207 e. The van der Waals surface area contributed by atoms with Gasteiger partial charge in [0.2, 0.25) is 0 Å². The first-order valence-corrected chi connectivity index (χ1v) is 7.05. The van der Waals surface area contributed by atoms with Gasteiger partial charge in [-0.1, -0.05) is 49.1 Å². The summed E-state index contributed by atoms with van der Waals surface area (Å²) >= 11 is 0. The Labute approximate surface area is 124 Å². The van der Waals surface area contributed by atoms with Crippen LogP contribution in [-0.2, 0) is 6.42 Å². The van der Waals surface area contributed by atoms with Crippen molar-refractivity contribution in [3.8, 4) is 11.8 Å². The monoisotopic (exact) mass is 274 g/mol. The van der Waals surface area contributed by atoms with Crippen molar-refractivity contribution < 1.29 is 4.39 Å². The highest BCUT2D eigenvalue weighted by Gasteiger charge is 1.99. The van der Waals surface area contributed by atoms with Crippen molar-refractivity contribution in [1.82, 2.24) is 0 Å². The molecule has 0 aliphatic carbocycles. The summed E-state index contributed by atoms with van der Waals surface area (Å²) in [6.45, 7) is 2.15. The van der Waals surface area contributed by atoms with Gasteiger partial charge in [-0.15, -0.1) is 0 Å². The maximum atomic E-state index is 12.9. The lowest BCUT2D eigenvalue weighted by Gasteiger charge is -2.03. The highest BCUT2D eigenvalue weighted by molar-refractivity contribution is 5.88. The number of hydrogen-bond acceptors (Lipinski definition) is 0. The highest BCUT2D eigenvalue weighted by Crippen LogP contribution is 2.20. The van der Waals surface area contributed by atoms with E-state index >= 15 is 0 Å². The highest BCUT2D eigenvalue weighted by atomic mass is 19.1. The molecule has 0 amide bonds. The SMILES string of the molecule is CCc1ccc2c(C#Cc3ccc(F)cc3)cccc2c1. The Morgan fingerprint density at radius 2 is 1.71 bits per heavy atom. The van der Waals surface area contributed by atoms with E-state index in [0.717, 1.165) is 22.9 Å². The molecule has 0 nitrogen and oxygen atoms in total. The van der Waals surface area contributed by atoms with Gasteiger partial charge in [-0.3, -0.25) is 0 Å². The van der Waals surface area contributed by atoms with Gasteiger partial charge < -0.3 is 0 Å². The van der Waals surface area contributed by atoms with Crippen molar-refractivity contribution in [2.45, 2.75) is 13.3 Å². The average Bonchev–Trinajstić information content (AvgIpc) is 2.53. The molecule has 0 atom stereocenters. The lowest BCUT2D eigenvalue weighted by atomic mass is 10.0. The lowest BCUT2D eigenvalue weighted by Crippen LogP contribution is -1.84. The smallest absolute Gasteiger partial charge is 0.123 e. The fraction of sp³-hybridized carbons (Fsp3) is 0.100. The second kappa shape index (κ2) is 5.81. The molecule has 0 aliphatic rings. The van der Waals surface area contributed by atoms with E-state index in [4.69, 9.17) is 0 Å². The molecule has 0 N–H and O–H groups in total. The third-order valence-electron chi connectivity index (χ3n) is 3.54. The van der Waals surface area contributed by atoms with Gasteiger partial charge in [-0.2, -0.15) is 0 Å². The summed E-state index contributed by atoms with van der Waals surface area (Å²) in [4.78, 5) is 0. The van der Waals surface area contributed by atoms with E-state index in [1.807, 2.05) is 12.1 Å². The van der Waals surface area contributed by atoms with E-state index in [1.165, 1.54) is 23.1 Å². The Morgan fingerprint density at radius 1 is 0.905 bits per heavy atom. The van der Waals surface area contributed by atoms with E-state index in [1.54, 1.807) is 12.1 Å². The first-order chi connectivity index (χ1) is 10.3. The molecule has 0 unspecified atom stereocenters. The van der Waals surface area contributed by atoms with Crippen LogP contribution < -0.4 is 0 Å². The van der Waals surface area contributed by atoms with Gasteiger partial charge in [0.25, 0.3) is 0 Å². The van der Waals surface area contributed by atoms with Crippen LogP contribution in [0.25, 0.3) is 10.8 Å². The quantitative estimate of drug-likeness (QED) is 0.551. The molecule has 0 spiro atoms. The zero-order valence-electron chi connectivity index (χ0n) is 11.9. The predicted octanol–water partition coefficient (Wildman–Crippen LogP) is 4.94. The van der Waals surface area contributed by atoms with Crippen molar-refractivity contribution in [1.29, 1.82) is 0 Å². The first-order valence-electron chi connectivity index (χ1n) is 7.05. The standard InChI is InChI=1S/C20H15F/c1-2-15-9-13-20-17(4-3-5-18(20)14-15)10-6-16-7-11-19(21)12-8-16/h3-5,7-9,11-14H,2H2,1H3. The molecule has 0 saturated heterocycles. The third-order valence-corrected chi connectivity index (χ3v) is 3.54. The molecule has 3 aromatic rings. The van der Waals surface area contributed by atoms with Gasteiger partial charge in [-0.25, -0.2) is 4.39 Å². The van der Waals surface area contributed by atoms with E-state index in [2.05, 4.69) is 43.0 Å². The summed E-state index contributed by atoms with van der Waals surface area (Å²) in [5.41, 5.74) is 3.14. The van der Waals surface area contributed by atoms with Gasteiger partial charge >= 0.3 is 0 Å². The van der Waals surface area contributed by atoms with Crippen LogP contribution in [0.4, 0.5) is 4.39 Å². The summed E-state index contributed by atoms with van der Waals surface area (Å²) in [5, 5.41) is 2.37. The van der Waals surface area contributed by atoms with E-state index < -0.39 is 0 Å². The maximum absolute atomic E-state index is 12.9. The lowest BCUT2D eigenvalue weighted by molar-refractivity contribution is 0.627. The van der Waals surface area contributed by atoms with Gasteiger partial charge in [0.05, 0.1) is 0 Å². The van der Waals surface area contributed by atoms with Crippen molar-refractivity contribution in [2.75, 3.05) is 0 Å². The number of benzene rings is 3. The third kappa shape index (κ3) is 2.95. The van der Waals surface area contributed by atoms with Crippen LogP contribution in [-0.4, -0.2) is 0 Å². The first kappa shape index (κ1) is 13.4. The zero-order chi connectivity index (χ0) is 14.7. The summed E-state index contributed by atoms with van der Waals surface area (Å²) in [5.74, 6) is 6.04. The molecule has 3 aromatic carbocycles. The molecule has 0 heterocycles. The topological polar surface area (TPSA) is 0 Å². The van der Waals surface area contributed by atoms with Crippen LogP contribution >= 0.6 is 0 Å². The molecule has 3 rings (SSSR count).